The van der Waals surface area contributed by atoms with E-state index in [0.717, 1.165) is 41.9 Å². The molecule has 2 heterocycles. The fraction of sp³-hybridized carbons (Fsp3) is 0.474. The lowest BCUT2D eigenvalue weighted by atomic mass is 10.0. The van der Waals surface area contributed by atoms with Gasteiger partial charge in [-0.1, -0.05) is 25.1 Å². The zero-order chi connectivity index (χ0) is 16.9. The van der Waals surface area contributed by atoms with Gasteiger partial charge in [0.2, 0.25) is 5.95 Å². The molecule has 1 fully saturated rings. The number of nitrogens with zero attached hydrogens (tertiary/aromatic N) is 3. The van der Waals surface area contributed by atoms with Crippen LogP contribution in [-0.4, -0.2) is 30.2 Å². The standard InChI is InChI=1S/C19H26N4O/c1-14-7-6-10-23(13-14)19-21-15(2)11-18(22-19)20-12-16-8-4-5-9-17(16)24-3/h4-5,8-9,11,14H,6-7,10,12-13H2,1-3H3,(H,20,21,22). The van der Waals surface area contributed by atoms with Crippen molar-refractivity contribution in [3.05, 3.63) is 41.6 Å². The largest absolute Gasteiger partial charge is 0.496 e. The van der Waals surface area contributed by atoms with Crippen LogP contribution in [0, 0.1) is 12.8 Å². The molecule has 1 aromatic carbocycles. The molecule has 0 spiro atoms. The Hall–Kier alpha value is -2.30. The van der Waals surface area contributed by atoms with E-state index in [0.29, 0.717) is 12.5 Å². The van der Waals surface area contributed by atoms with E-state index in [1.807, 2.05) is 31.2 Å². The second kappa shape index (κ2) is 7.51. The molecule has 0 saturated carbocycles. The minimum Gasteiger partial charge on any atom is -0.496 e. The smallest absolute Gasteiger partial charge is 0.227 e. The molecular weight excluding hydrogens is 300 g/mol. The Morgan fingerprint density at radius 1 is 1.29 bits per heavy atom. The average molecular weight is 326 g/mol. The summed E-state index contributed by atoms with van der Waals surface area (Å²) in [4.78, 5) is 11.7. The van der Waals surface area contributed by atoms with E-state index in [-0.39, 0.29) is 0 Å². The van der Waals surface area contributed by atoms with E-state index in [2.05, 4.69) is 28.2 Å². The Kier molecular flexibility index (Phi) is 5.18. The van der Waals surface area contributed by atoms with E-state index >= 15 is 0 Å². The normalized spacial score (nSPS) is 17.6. The average Bonchev–Trinajstić information content (AvgIpc) is 2.60. The van der Waals surface area contributed by atoms with Gasteiger partial charge < -0.3 is 15.0 Å². The summed E-state index contributed by atoms with van der Waals surface area (Å²) in [5.74, 6) is 3.29. The molecule has 3 rings (SSSR count). The highest BCUT2D eigenvalue weighted by Crippen LogP contribution is 2.23. The maximum Gasteiger partial charge on any atom is 0.227 e. The van der Waals surface area contributed by atoms with Crippen molar-refractivity contribution in [2.24, 2.45) is 5.92 Å². The number of rotatable bonds is 5. The zero-order valence-corrected chi connectivity index (χ0v) is 14.7. The van der Waals surface area contributed by atoms with Gasteiger partial charge in [-0.25, -0.2) is 4.98 Å². The minimum atomic E-state index is 0.677. The number of anilines is 2. The first-order valence-electron chi connectivity index (χ1n) is 8.62. The van der Waals surface area contributed by atoms with Gasteiger partial charge in [-0.3, -0.25) is 0 Å². The lowest BCUT2D eigenvalue weighted by Gasteiger charge is -2.31. The summed E-state index contributed by atoms with van der Waals surface area (Å²) >= 11 is 0. The van der Waals surface area contributed by atoms with Crippen LogP contribution in [0.3, 0.4) is 0 Å². The summed E-state index contributed by atoms with van der Waals surface area (Å²) in [6.07, 6.45) is 2.50. The van der Waals surface area contributed by atoms with Crippen molar-refractivity contribution in [3.8, 4) is 5.75 Å². The van der Waals surface area contributed by atoms with E-state index in [1.54, 1.807) is 7.11 Å². The molecule has 5 nitrogen and oxygen atoms in total. The number of ether oxygens (including phenoxy) is 1. The number of benzene rings is 1. The van der Waals surface area contributed by atoms with Gasteiger partial charge in [0.05, 0.1) is 7.11 Å². The molecule has 0 aliphatic carbocycles. The van der Waals surface area contributed by atoms with Gasteiger partial charge in [-0.05, 0) is 31.7 Å². The van der Waals surface area contributed by atoms with Crippen molar-refractivity contribution in [1.29, 1.82) is 0 Å². The van der Waals surface area contributed by atoms with Gasteiger partial charge >= 0.3 is 0 Å². The minimum absolute atomic E-state index is 0.677. The van der Waals surface area contributed by atoms with Crippen LogP contribution < -0.4 is 15.0 Å². The molecule has 1 aromatic heterocycles. The van der Waals surface area contributed by atoms with Gasteiger partial charge in [0, 0.05) is 37.0 Å². The SMILES string of the molecule is COc1ccccc1CNc1cc(C)nc(N2CCCC(C)C2)n1. The predicted octanol–water partition coefficient (Wildman–Crippen LogP) is 3.64. The molecule has 24 heavy (non-hydrogen) atoms. The fourth-order valence-electron chi connectivity index (χ4n) is 3.19. The van der Waals surface area contributed by atoms with Crippen LogP contribution in [0.15, 0.2) is 30.3 Å². The van der Waals surface area contributed by atoms with Crippen LogP contribution in [-0.2, 0) is 6.54 Å². The summed E-state index contributed by atoms with van der Waals surface area (Å²) in [7, 11) is 1.70. The Morgan fingerprint density at radius 3 is 2.92 bits per heavy atom. The third kappa shape index (κ3) is 3.96. The zero-order valence-electron chi connectivity index (χ0n) is 14.7. The summed E-state index contributed by atoms with van der Waals surface area (Å²) < 4.78 is 5.41. The van der Waals surface area contributed by atoms with E-state index in [4.69, 9.17) is 9.72 Å². The molecule has 0 radical (unpaired) electrons. The fourth-order valence-corrected chi connectivity index (χ4v) is 3.19. The summed E-state index contributed by atoms with van der Waals surface area (Å²) in [6, 6.07) is 10.0. The van der Waals surface area contributed by atoms with Crippen molar-refractivity contribution in [1.82, 2.24) is 9.97 Å². The second-order valence-corrected chi connectivity index (χ2v) is 6.55. The van der Waals surface area contributed by atoms with E-state index < -0.39 is 0 Å². The molecule has 1 aliphatic heterocycles. The van der Waals surface area contributed by atoms with Gasteiger partial charge in [0.25, 0.3) is 0 Å². The van der Waals surface area contributed by atoms with Crippen LogP contribution in [0.1, 0.15) is 31.0 Å². The maximum atomic E-state index is 5.41. The molecule has 2 aromatic rings. The quantitative estimate of drug-likeness (QED) is 0.909. The van der Waals surface area contributed by atoms with Crippen LogP contribution in [0.5, 0.6) is 5.75 Å². The molecule has 1 saturated heterocycles. The van der Waals surface area contributed by atoms with Gasteiger partial charge in [-0.2, -0.15) is 4.98 Å². The number of methoxy groups -OCH3 is 1. The van der Waals surface area contributed by atoms with Crippen molar-refractivity contribution in [2.45, 2.75) is 33.2 Å². The van der Waals surface area contributed by atoms with E-state index in [9.17, 15) is 0 Å². The molecule has 0 amide bonds. The number of piperidine rings is 1. The number of aromatic nitrogens is 2. The Bertz CT molecular complexity index is 689. The first-order valence-corrected chi connectivity index (χ1v) is 8.62. The van der Waals surface area contributed by atoms with Crippen LogP contribution >= 0.6 is 0 Å². The van der Waals surface area contributed by atoms with Crippen LogP contribution in [0.25, 0.3) is 0 Å². The molecule has 0 bridgehead atoms. The first-order chi connectivity index (χ1) is 11.7. The van der Waals surface area contributed by atoms with Crippen molar-refractivity contribution in [2.75, 3.05) is 30.4 Å². The van der Waals surface area contributed by atoms with Crippen LogP contribution in [0.2, 0.25) is 0 Å². The second-order valence-electron chi connectivity index (χ2n) is 6.55. The summed E-state index contributed by atoms with van der Waals surface area (Å²) in [5.41, 5.74) is 2.10. The van der Waals surface area contributed by atoms with Gasteiger partial charge in [0.15, 0.2) is 0 Å². The summed E-state index contributed by atoms with van der Waals surface area (Å²) in [6.45, 7) is 7.07. The lowest BCUT2D eigenvalue weighted by molar-refractivity contribution is 0.410. The lowest BCUT2D eigenvalue weighted by Crippen LogP contribution is -2.35. The molecular formula is C19H26N4O. The Labute approximate surface area is 144 Å². The number of nitrogens with one attached hydrogen (secondary N) is 1. The summed E-state index contributed by atoms with van der Waals surface area (Å²) in [5, 5.41) is 3.41. The van der Waals surface area contributed by atoms with Crippen molar-refractivity contribution >= 4 is 11.8 Å². The highest BCUT2D eigenvalue weighted by Gasteiger charge is 2.19. The van der Waals surface area contributed by atoms with Crippen molar-refractivity contribution < 1.29 is 4.74 Å². The first kappa shape index (κ1) is 16.6. The number of aryl methyl sites for hydroxylation is 1. The Balaban J connectivity index is 1.74. The number of para-hydroxylation sites is 1. The maximum absolute atomic E-state index is 5.41. The predicted molar refractivity (Wildman–Crippen MR) is 97.7 cm³/mol. The third-order valence-electron chi connectivity index (χ3n) is 4.43. The van der Waals surface area contributed by atoms with Crippen LogP contribution in [0.4, 0.5) is 11.8 Å². The van der Waals surface area contributed by atoms with Gasteiger partial charge in [0.1, 0.15) is 11.6 Å². The molecule has 1 atom stereocenters. The molecule has 128 valence electrons. The molecule has 1 N–H and O–H groups in total. The Morgan fingerprint density at radius 2 is 2.12 bits per heavy atom. The molecule has 1 unspecified atom stereocenters. The highest BCUT2D eigenvalue weighted by atomic mass is 16.5. The monoisotopic (exact) mass is 326 g/mol. The highest BCUT2D eigenvalue weighted by molar-refractivity contribution is 5.45. The van der Waals surface area contributed by atoms with E-state index in [1.165, 1.54) is 12.8 Å². The number of hydrogen-bond acceptors (Lipinski definition) is 5. The topological polar surface area (TPSA) is 50.3 Å². The van der Waals surface area contributed by atoms with Crippen molar-refractivity contribution in [3.63, 3.8) is 0 Å². The number of hydrogen-bond donors (Lipinski definition) is 1. The molecule has 5 heteroatoms. The third-order valence-corrected chi connectivity index (χ3v) is 4.43. The molecule has 1 aliphatic rings. The van der Waals surface area contributed by atoms with Gasteiger partial charge in [-0.15, -0.1) is 0 Å².